The van der Waals surface area contributed by atoms with E-state index in [-0.39, 0.29) is 0 Å². The molecule has 4 nitrogen and oxygen atoms in total. The number of nitrogens with zero attached hydrogens (tertiary/aromatic N) is 2. The zero-order valence-electron chi connectivity index (χ0n) is 7.77. The fourth-order valence-electron chi connectivity index (χ4n) is 1.36. The molecule has 2 rings (SSSR count). The summed E-state index contributed by atoms with van der Waals surface area (Å²) < 4.78 is 1.85. The summed E-state index contributed by atoms with van der Waals surface area (Å²) in [6.45, 7) is 0.607. The molecule has 1 atom stereocenters. The van der Waals surface area contributed by atoms with Crippen LogP contribution < -0.4 is 5.32 Å². The van der Waals surface area contributed by atoms with E-state index in [1.807, 2.05) is 17.8 Å². The Morgan fingerprint density at radius 3 is 3.08 bits per heavy atom. The molecule has 1 aromatic heterocycles. The highest BCUT2D eigenvalue weighted by Gasteiger charge is 2.22. The summed E-state index contributed by atoms with van der Waals surface area (Å²) in [5, 5.41) is 13.0. The molecule has 0 aliphatic heterocycles. The van der Waals surface area contributed by atoms with Gasteiger partial charge in [0.2, 0.25) is 0 Å². The number of aromatic nitrogens is 2. The van der Waals surface area contributed by atoms with Gasteiger partial charge >= 0.3 is 0 Å². The summed E-state index contributed by atoms with van der Waals surface area (Å²) in [7, 11) is 1.89. The van der Waals surface area contributed by atoms with Crippen LogP contribution in [0.4, 0.5) is 0 Å². The van der Waals surface area contributed by atoms with Gasteiger partial charge in [0, 0.05) is 32.0 Å². The minimum absolute atomic E-state index is 0.486. The Morgan fingerprint density at radius 2 is 2.54 bits per heavy atom. The maximum atomic E-state index is 9.72. The molecule has 1 heterocycles. The van der Waals surface area contributed by atoms with E-state index in [2.05, 4.69) is 10.3 Å². The molecule has 2 N–H and O–H groups in total. The molecule has 1 saturated carbocycles. The third-order valence-corrected chi connectivity index (χ3v) is 2.33. The van der Waals surface area contributed by atoms with Gasteiger partial charge in [-0.25, -0.2) is 4.98 Å². The van der Waals surface area contributed by atoms with Gasteiger partial charge in [-0.3, -0.25) is 0 Å². The quantitative estimate of drug-likeness (QED) is 0.698. The van der Waals surface area contributed by atoms with Crippen LogP contribution in [0.3, 0.4) is 0 Å². The summed E-state index contributed by atoms with van der Waals surface area (Å²) in [6.07, 6.45) is 5.55. The summed E-state index contributed by atoms with van der Waals surface area (Å²) in [4.78, 5) is 4.09. The summed E-state index contributed by atoms with van der Waals surface area (Å²) in [6, 6.07) is 0.634. The number of aryl methyl sites for hydroxylation is 1. The minimum atomic E-state index is -0.486. The van der Waals surface area contributed by atoms with E-state index in [0.29, 0.717) is 12.6 Å². The van der Waals surface area contributed by atoms with Crippen molar-refractivity contribution in [1.29, 1.82) is 0 Å². The normalized spacial score (nSPS) is 18.9. The van der Waals surface area contributed by atoms with Gasteiger partial charge in [0.1, 0.15) is 11.9 Å². The van der Waals surface area contributed by atoms with Gasteiger partial charge in [0.25, 0.3) is 0 Å². The zero-order valence-corrected chi connectivity index (χ0v) is 7.77. The molecule has 0 radical (unpaired) electrons. The summed E-state index contributed by atoms with van der Waals surface area (Å²) in [5.41, 5.74) is 0. The van der Waals surface area contributed by atoms with E-state index in [1.165, 1.54) is 12.8 Å². The Morgan fingerprint density at radius 1 is 1.77 bits per heavy atom. The summed E-state index contributed by atoms with van der Waals surface area (Å²) >= 11 is 0. The van der Waals surface area contributed by atoms with Crippen molar-refractivity contribution >= 4 is 0 Å². The van der Waals surface area contributed by atoms with Crippen molar-refractivity contribution in [3.63, 3.8) is 0 Å². The lowest BCUT2D eigenvalue weighted by molar-refractivity contribution is 0.161. The Labute approximate surface area is 77.6 Å². The Hall–Kier alpha value is -0.870. The highest BCUT2D eigenvalue weighted by Crippen LogP contribution is 2.19. The van der Waals surface area contributed by atoms with Crippen LogP contribution in [-0.2, 0) is 7.05 Å². The molecule has 72 valence electrons. The highest BCUT2D eigenvalue weighted by molar-refractivity contribution is 4.97. The average molecular weight is 181 g/mol. The average Bonchev–Trinajstić information content (AvgIpc) is 2.84. The fourth-order valence-corrected chi connectivity index (χ4v) is 1.36. The molecule has 1 aliphatic carbocycles. The second kappa shape index (κ2) is 3.47. The number of rotatable bonds is 4. The van der Waals surface area contributed by atoms with Crippen LogP contribution >= 0.6 is 0 Å². The van der Waals surface area contributed by atoms with E-state index >= 15 is 0 Å². The molecule has 4 heteroatoms. The first-order valence-electron chi connectivity index (χ1n) is 4.66. The van der Waals surface area contributed by atoms with Crippen LogP contribution in [0.15, 0.2) is 12.4 Å². The van der Waals surface area contributed by atoms with Crippen molar-refractivity contribution < 1.29 is 5.11 Å². The lowest BCUT2D eigenvalue weighted by Gasteiger charge is -2.10. The molecule has 0 bridgehead atoms. The van der Waals surface area contributed by atoms with Gasteiger partial charge in [0.15, 0.2) is 0 Å². The number of imidazole rings is 1. The van der Waals surface area contributed by atoms with Gasteiger partial charge in [-0.2, -0.15) is 0 Å². The van der Waals surface area contributed by atoms with Crippen molar-refractivity contribution in [3.05, 3.63) is 18.2 Å². The fraction of sp³-hybridized carbons (Fsp3) is 0.667. The smallest absolute Gasteiger partial charge is 0.138 e. The topological polar surface area (TPSA) is 50.1 Å². The van der Waals surface area contributed by atoms with Crippen LogP contribution in [0.1, 0.15) is 24.8 Å². The number of nitrogens with one attached hydrogen (secondary N) is 1. The largest absolute Gasteiger partial charge is 0.384 e. The van der Waals surface area contributed by atoms with Gasteiger partial charge in [-0.1, -0.05) is 0 Å². The molecule has 13 heavy (non-hydrogen) atoms. The second-order valence-electron chi connectivity index (χ2n) is 3.59. The molecule has 1 fully saturated rings. The molecular weight excluding hydrogens is 166 g/mol. The van der Waals surface area contributed by atoms with E-state index < -0.39 is 6.10 Å². The van der Waals surface area contributed by atoms with Crippen molar-refractivity contribution in [2.24, 2.45) is 7.05 Å². The molecule has 0 amide bonds. The van der Waals surface area contributed by atoms with Crippen molar-refractivity contribution in [2.45, 2.75) is 25.0 Å². The number of aliphatic hydroxyl groups is 1. The van der Waals surface area contributed by atoms with E-state index in [4.69, 9.17) is 0 Å². The Kier molecular flexibility index (Phi) is 2.33. The highest BCUT2D eigenvalue weighted by atomic mass is 16.3. The molecule has 1 aliphatic rings. The third-order valence-electron chi connectivity index (χ3n) is 2.33. The lowest BCUT2D eigenvalue weighted by Crippen LogP contribution is -2.24. The van der Waals surface area contributed by atoms with Gasteiger partial charge in [-0.05, 0) is 12.8 Å². The molecule has 1 aromatic rings. The van der Waals surface area contributed by atoms with Crippen LogP contribution in [0.2, 0.25) is 0 Å². The van der Waals surface area contributed by atoms with E-state index in [1.54, 1.807) is 6.20 Å². The van der Waals surface area contributed by atoms with Gasteiger partial charge < -0.3 is 15.0 Å². The number of hydrogen-bond donors (Lipinski definition) is 2. The molecule has 0 spiro atoms. The maximum Gasteiger partial charge on any atom is 0.138 e. The predicted molar refractivity (Wildman–Crippen MR) is 49.2 cm³/mol. The van der Waals surface area contributed by atoms with Crippen LogP contribution in [0.5, 0.6) is 0 Å². The Balaban J connectivity index is 1.88. The first-order chi connectivity index (χ1) is 6.27. The van der Waals surface area contributed by atoms with Gasteiger partial charge in [0.05, 0.1) is 0 Å². The standard InChI is InChI=1S/C9H15N3O/c1-12-5-4-10-9(12)8(13)6-11-7-2-3-7/h4-5,7-8,11,13H,2-3,6H2,1H3. The third kappa shape index (κ3) is 2.08. The molecular formula is C9H15N3O. The number of aliphatic hydroxyl groups excluding tert-OH is 1. The Bertz CT molecular complexity index is 280. The van der Waals surface area contributed by atoms with Crippen molar-refractivity contribution in [3.8, 4) is 0 Å². The van der Waals surface area contributed by atoms with Gasteiger partial charge in [-0.15, -0.1) is 0 Å². The SMILES string of the molecule is Cn1ccnc1C(O)CNC1CC1. The second-order valence-corrected chi connectivity index (χ2v) is 3.59. The number of hydrogen-bond acceptors (Lipinski definition) is 3. The zero-order chi connectivity index (χ0) is 9.26. The van der Waals surface area contributed by atoms with Crippen LogP contribution in [0, 0.1) is 0 Å². The van der Waals surface area contributed by atoms with E-state index in [9.17, 15) is 5.11 Å². The molecule has 1 unspecified atom stereocenters. The van der Waals surface area contributed by atoms with Crippen molar-refractivity contribution in [1.82, 2.24) is 14.9 Å². The predicted octanol–water partition coefficient (Wildman–Crippen LogP) is 0.205. The molecule has 0 aromatic carbocycles. The summed E-state index contributed by atoms with van der Waals surface area (Å²) in [5.74, 6) is 0.730. The molecule has 0 saturated heterocycles. The monoisotopic (exact) mass is 181 g/mol. The first-order valence-corrected chi connectivity index (χ1v) is 4.66. The van der Waals surface area contributed by atoms with Crippen molar-refractivity contribution in [2.75, 3.05) is 6.54 Å². The van der Waals surface area contributed by atoms with Crippen LogP contribution in [0.25, 0.3) is 0 Å². The van der Waals surface area contributed by atoms with Crippen LogP contribution in [-0.4, -0.2) is 27.2 Å². The lowest BCUT2D eigenvalue weighted by atomic mass is 10.3. The maximum absolute atomic E-state index is 9.72. The first kappa shape index (κ1) is 8.72. The minimum Gasteiger partial charge on any atom is -0.384 e. The van der Waals surface area contributed by atoms with E-state index in [0.717, 1.165) is 5.82 Å².